The van der Waals surface area contributed by atoms with Crippen molar-refractivity contribution in [3.05, 3.63) is 18.2 Å². The number of carboxylic acid groups (broad SMARTS) is 1. The van der Waals surface area contributed by atoms with Crippen LogP contribution in [0.4, 0.5) is 5.69 Å². The monoisotopic (exact) mass is 442 g/mol. The number of aliphatic imine (C=N–C) groups is 1. The van der Waals surface area contributed by atoms with Crippen LogP contribution in [0.2, 0.25) is 0 Å². The van der Waals surface area contributed by atoms with Gasteiger partial charge in [0.25, 0.3) is 0 Å². The van der Waals surface area contributed by atoms with Gasteiger partial charge in [0.15, 0.2) is 15.0 Å². The number of rotatable bonds is 7. The zero-order valence-corrected chi connectivity index (χ0v) is 17.7. The van der Waals surface area contributed by atoms with Gasteiger partial charge in [-0.25, -0.2) is 8.42 Å². The van der Waals surface area contributed by atoms with E-state index in [1.807, 2.05) is 0 Å². The number of hydrogen-bond acceptors (Lipinski definition) is 7. The fraction of sp³-hybridized carbons (Fsp3) is 0.500. The molecule has 2 heterocycles. The Morgan fingerprint density at radius 2 is 2.00 bits per heavy atom. The van der Waals surface area contributed by atoms with E-state index in [1.165, 1.54) is 26.0 Å². The van der Waals surface area contributed by atoms with Gasteiger partial charge in [-0.2, -0.15) is 4.99 Å². The first kappa shape index (κ1) is 21.4. The van der Waals surface area contributed by atoms with Crippen LogP contribution in [0.5, 0.6) is 11.5 Å². The highest BCUT2D eigenvalue weighted by molar-refractivity contribution is 8.16. The van der Waals surface area contributed by atoms with Crippen molar-refractivity contribution >= 4 is 44.3 Å². The van der Waals surface area contributed by atoms with Gasteiger partial charge in [-0.05, 0) is 18.6 Å². The van der Waals surface area contributed by atoms with E-state index >= 15 is 0 Å². The lowest BCUT2D eigenvalue weighted by Gasteiger charge is -2.26. The minimum absolute atomic E-state index is 0.00702. The highest BCUT2D eigenvalue weighted by Crippen LogP contribution is 2.45. The van der Waals surface area contributed by atoms with Gasteiger partial charge in [0.05, 0.1) is 37.5 Å². The van der Waals surface area contributed by atoms with E-state index in [4.69, 9.17) is 14.6 Å². The van der Waals surface area contributed by atoms with Gasteiger partial charge in [0.1, 0.15) is 11.5 Å². The molecule has 2 saturated heterocycles. The Morgan fingerprint density at radius 1 is 1.24 bits per heavy atom. The molecule has 1 amide bonds. The molecule has 2 fully saturated rings. The molecule has 0 aromatic heterocycles. The third-order valence-corrected chi connectivity index (χ3v) is 7.92. The summed E-state index contributed by atoms with van der Waals surface area (Å²) in [6.07, 6.45) is 0.0903. The number of carboxylic acids is 1. The van der Waals surface area contributed by atoms with Crippen molar-refractivity contribution in [2.45, 2.75) is 30.6 Å². The third kappa shape index (κ3) is 4.84. The molecule has 9 nitrogen and oxygen atoms in total. The molecule has 0 radical (unpaired) electrons. The summed E-state index contributed by atoms with van der Waals surface area (Å²) in [6.45, 7) is 0. The summed E-state index contributed by atoms with van der Waals surface area (Å²) in [5, 5.41) is 8.87. The number of sulfone groups is 1. The molecule has 3 rings (SSSR count). The van der Waals surface area contributed by atoms with E-state index in [1.54, 1.807) is 23.1 Å². The first-order chi connectivity index (χ1) is 13.7. The number of nitrogens with zero attached hydrogens (tertiary/aromatic N) is 2. The quantitative estimate of drug-likeness (QED) is 0.670. The number of benzene rings is 1. The Hall–Kier alpha value is -2.27. The van der Waals surface area contributed by atoms with Crippen molar-refractivity contribution in [3.8, 4) is 11.5 Å². The second-order valence-electron chi connectivity index (χ2n) is 6.74. The molecule has 0 unspecified atom stereocenters. The number of anilines is 1. The third-order valence-electron chi connectivity index (χ3n) is 4.71. The standard InChI is InChI=1S/C18H22N2O7S2/c1-26-11-6-7-14(27-2)12(8-11)20-13-9-29(24,25)10-15(13)28-18(20)19-16(21)4-3-5-17(22)23/h6-8,13,15H,3-5,9-10H2,1-2H3,(H,22,23)/t13-,15+/m1/s1. The van der Waals surface area contributed by atoms with Crippen molar-refractivity contribution in [1.29, 1.82) is 0 Å². The molecule has 158 valence electrons. The number of ether oxygens (including phenoxy) is 2. The number of amides is 1. The minimum Gasteiger partial charge on any atom is -0.497 e. The summed E-state index contributed by atoms with van der Waals surface area (Å²) in [5.74, 6) is -0.384. The molecular weight excluding hydrogens is 420 g/mol. The van der Waals surface area contributed by atoms with Crippen LogP contribution < -0.4 is 14.4 Å². The van der Waals surface area contributed by atoms with Crippen molar-refractivity contribution in [1.82, 2.24) is 0 Å². The van der Waals surface area contributed by atoms with Crippen molar-refractivity contribution in [2.75, 3.05) is 30.6 Å². The van der Waals surface area contributed by atoms with Gasteiger partial charge in [-0.15, -0.1) is 0 Å². The fourth-order valence-electron chi connectivity index (χ4n) is 3.38. The van der Waals surface area contributed by atoms with Crippen LogP contribution in [0, 0.1) is 0 Å². The van der Waals surface area contributed by atoms with Crippen molar-refractivity contribution < 1.29 is 32.6 Å². The first-order valence-electron chi connectivity index (χ1n) is 8.95. The van der Waals surface area contributed by atoms with Crippen molar-refractivity contribution in [2.24, 2.45) is 4.99 Å². The van der Waals surface area contributed by atoms with Gasteiger partial charge >= 0.3 is 5.97 Å². The number of hydrogen-bond donors (Lipinski definition) is 1. The summed E-state index contributed by atoms with van der Waals surface area (Å²) in [7, 11) is -0.170. The summed E-state index contributed by atoms with van der Waals surface area (Å²) >= 11 is 1.25. The summed E-state index contributed by atoms with van der Waals surface area (Å²) in [5.41, 5.74) is 0.570. The predicted molar refractivity (Wildman–Crippen MR) is 110 cm³/mol. The first-order valence-corrected chi connectivity index (χ1v) is 11.7. The normalized spacial score (nSPS) is 23.8. The summed E-state index contributed by atoms with van der Waals surface area (Å²) in [4.78, 5) is 28.8. The Morgan fingerprint density at radius 3 is 2.66 bits per heavy atom. The highest BCUT2D eigenvalue weighted by atomic mass is 32.2. The molecule has 0 aliphatic carbocycles. The largest absolute Gasteiger partial charge is 0.497 e. The Labute approximate surface area is 173 Å². The maximum Gasteiger partial charge on any atom is 0.303 e. The van der Waals surface area contributed by atoms with E-state index in [0.29, 0.717) is 22.4 Å². The molecule has 1 N–H and O–H groups in total. The SMILES string of the molecule is COc1ccc(OC)c(N2C(=NC(=O)CCCC(=O)O)S[C@H]3CS(=O)(=O)C[C@H]32)c1. The van der Waals surface area contributed by atoms with Crippen LogP contribution in [0.25, 0.3) is 0 Å². The lowest BCUT2D eigenvalue weighted by Crippen LogP contribution is -2.38. The second kappa shape index (κ2) is 8.62. The van der Waals surface area contributed by atoms with Crippen LogP contribution in [-0.2, 0) is 19.4 Å². The van der Waals surface area contributed by atoms with Crippen LogP contribution in [0.3, 0.4) is 0 Å². The number of aliphatic carboxylic acids is 1. The lowest BCUT2D eigenvalue weighted by molar-refractivity contribution is -0.137. The molecule has 11 heteroatoms. The number of methoxy groups -OCH3 is 2. The maximum absolute atomic E-state index is 12.3. The van der Waals surface area contributed by atoms with Gasteiger partial charge in [-0.1, -0.05) is 11.8 Å². The van der Waals surface area contributed by atoms with Gasteiger partial charge in [0, 0.05) is 24.2 Å². The number of carbonyl (C=O) groups excluding carboxylic acids is 1. The predicted octanol–water partition coefficient (Wildman–Crippen LogP) is 1.56. The van der Waals surface area contributed by atoms with Crippen molar-refractivity contribution in [3.63, 3.8) is 0 Å². The second-order valence-corrected chi connectivity index (χ2v) is 10.1. The topological polar surface area (TPSA) is 123 Å². The molecule has 29 heavy (non-hydrogen) atoms. The fourth-order valence-corrected chi connectivity index (χ4v) is 7.31. The smallest absolute Gasteiger partial charge is 0.303 e. The minimum atomic E-state index is -3.20. The van der Waals surface area contributed by atoms with Gasteiger partial charge in [-0.3, -0.25) is 9.59 Å². The highest BCUT2D eigenvalue weighted by Gasteiger charge is 2.50. The van der Waals surface area contributed by atoms with Gasteiger partial charge in [0.2, 0.25) is 5.91 Å². The molecular formula is C18H22N2O7S2. The zero-order valence-electron chi connectivity index (χ0n) is 16.0. The Bertz CT molecular complexity index is 946. The number of thioether (sulfide) groups is 1. The van der Waals surface area contributed by atoms with Gasteiger partial charge < -0.3 is 19.5 Å². The van der Waals surface area contributed by atoms with E-state index in [0.717, 1.165) is 0 Å². The van der Waals surface area contributed by atoms with Crippen LogP contribution in [0.1, 0.15) is 19.3 Å². The number of fused-ring (bicyclic) bond motifs is 1. The molecule has 0 saturated carbocycles. The molecule has 1 aromatic carbocycles. The maximum atomic E-state index is 12.3. The van der Waals surface area contributed by atoms with E-state index in [-0.39, 0.29) is 42.1 Å². The van der Waals surface area contributed by atoms with E-state index in [9.17, 15) is 18.0 Å². The molecule has 2 atom stereocenters. The van der Waals surface area contributed by atoms with Crippen LogP contribution >= 0.6 is 11.8 Å². The van der Waals surface area contributed by atoms with Crippen LogP contribution in [0.15, 0.2) is 23.2 Å². The summed E-state index contributed by atoms with van der Waals surface area (Å²) < 4.78 is 35.1. The Balaban J connectivity index is 1.96. The van der Waals surface area contributed by atoms with E-state index < -0.39 is 21.7 Å². The summed E-state index contributed by atoms with van der Waals surface area (Å²) in [6, 6.07) is 4.78. The average Bonchev–Trinajstić information content (AvgIpc) is 3.11. The number of amidine groups is 1. The molecule has 1 aromatic rings. The molecule has 0 bridgehead atoms. The molecule has 2 aliphatic rings. The Kier molecular flexibility index (Phi) is 6.37. The zero-order chi connectivity index (χ0) is 21.2. The van der Waals surface area contributed by atoms with Crippen LogP contribution in [-0.4, -0.2) is 67.6 Å². The lowest BCUT2D eigenvalue weighted by atomic mass is 10.2. The molecule has 2 aliphatic heterocycles. The molecule has 0 spiro atoms. The van der Waals surface area contributed by atoms with E-state index in [2.05, 4.69) is 4.99 Å². The average molecular weight is 443 g/mol. The number of carbonyl (C=O) groups is 2.